The molecule has 0 saturated carbocycles. The molecule has 2 aliphatic rings. The number of aliphatic imine (C=N–C) groups is 1. The lowest BCUT2D eigenvalue weighted by Gasteiger charge is -2.26. The minimum Gasteiger partial charge on any atom is -0.379 e. The Balaban J connectivity index is 0.00000392. The summed E-state index contributed by atoms with van der Waals surface area (Å²) in [7, 11) is 3.52. The molecule has 1 aliphatic heterocycles. The number of carbonyl (C=O) groups is 1. The fourth-order valence-electron chi connectivity index (χ4n) is 3.27. The number of rotatable bonds is 9. The molecule has 1 amide bonds. The number of guanidine groups is 1. The summed E-state index contributed by atoms with van der Waals surface area (Å²) in [6.45, 7) is 6.66. The van der Waals surface area contributed by atoms with Gasteiger partial charge in [-0.3, -0.25) is 9.69 Å². The Morgan fingerprint density at radius 1 is 1.21 bits per heavy atom. The summed E-state index contributed by atoms with van der Waals surface area (Å²) < 4.78 is 5.39. The van der Waals surface area contributed by atoms with Crippen molar-refractivity contribution in [2.75, 3.05) is 66.6 Å². The van der Waals surface area contributed by atoms with Gasteiger partial charge in [-0.05, 0) is 45.1 Å². The van der Waals surface area contributed by atoms with E-state index in [0.29, 0.717) is 0 Å². The Kier molecular flexibility index (Phi) is 13.5. The molecule has 0 spiro atoms. The molecule has 0 bridgehead atoms. The first-order valence-corrected chi connectivity index (χ1v) is 10.4. The van der Waals surface area contributed by atoms with E-state index in [1.165, 1.54) is 25.7 Å². The third-order valence-electron chi connectivity index (χ3n) is 5.04. The van der Waals surface area contributed by atoms with Gasteiger partial charge < -0.3 is 20.3 Å². The quantitative estimate of drug-likeness (QED) is 0.164. The Hall–Kier alpha value is -0.870. The number of halogens is 1. The maximum absolute atomic E-state index is 11.8. The number of carbonyl (C=O) groups excluding carboxylic acids is 1. The van der Waals surface area contributed by atoms with Crippen LogP contribution in [0.15, 0.2) is 16.6 Å². The summed E-state index contributed by atoms with van der Waals surface area (Å²) in [5, 5.41) is 6.78. The molecule has 28 heavy (non-hydrogen) atoms. The van der Waals surface area contributed by atoms with E-state index >= 15 is 0 Å². The molecule has 1 fully saturated rings. The monoisotopic (exact) mass is 507 g/mol. The van der Waals surface area contributed by atoms with Crippen LogP contribution in [0.5, 0.6) is 0 Å². The number of amides is 1. The third-order valence-corrected chi connectivity index (χ3v) is 5.04. The van der Waals surface area contributed by atoms with Gasteiger partial charge >= 0.3 is 0 Å². The molecule has 1 heterocycles. The Morgan fingerprint density at radius 2 is 1.96 bits per heavy atom. The molecule has 162 valence electrons. The van der Waals surface area contributed by atoms with Gasteiger partial charge in [-0.2, -0.15) is 0 Å². The maximum atomic E-state index is 11.8. The van der Waals surface area contributed by atoms with Gasteiger partial charge in [0.15, 0.2) is 5.96 Å². The molecule has 2 rings (SSSR count). The summed E-state index contributed by atoms with van der Waals surface area (Å²) in [5.74, 6) is 0.753. The molecular weight excluding hydrogens is 469 g/mol. The molecular formula is C20H38IN5O2. The van der Waals surface area contributed by atoms with Gasteiger partial charge in [0.05, 0.1) is 13.2 Å². The van der Waals surface area contributed by atoms with E-state index < -0.39 is 0 Å². The summed E-state index contributed by atoms with van der Waals surface area (Å²) in [5.41, 5.74) is 1.55. The van der Waals surface area contributed by atoms with Gasteiger partial charge in [0.2, 0.25) is 5.91 Å². The summed E-state index contributed by atoms with van der Waals surface area (Å²) in [6.07, 6.45) is 9.55. The second-order valence-corrected chi connectivity index (χ2v) is 7.47. The van der Waals surface area contributed by atoms with Gasteiger partial charge in [0.1, 0.15) is 6.54 Å². The molecule has 1 aliphatic carbocycles. The van der Waals surface area contributed by atoms with Gasteiger partial charge in [-0.1, -0.05) is 11.6 Å². The maximum Gasteiger partial charge on any atom is 0.243 e. The highest BCUT2D eigenvalue weighted by Crippen LogP contribution is 2.19. The first-order valence-electron chi connectivity index (χ1n) is 10.4. The number of ether oxygens (including phenoxy) is 1. The number of nitrogens with zero attached hydrogens (tertiary/aromatic N) is 3. The fourth-order valence-corrected chi connectivity index (χ4v) is 3.27. The van der Waals surface area contributed by atoms with E-state index in [4.69, 9.17) is 4.74 Å². The van der Waals surface area contributed by atoms with Crippen molar-refractivity contribution < 1.29 is 9.53 Å². The lowest BCUT2D eigenvalue weighted by atomic mass is 9.97. The summed E-state index contributed by atoms with van der Waals surface area (Å²) >= 11 is 0. The zero-order valence-electron chi connectivity index (χ0n) is 17.5. The van der Waals surface area contributed by atoms with Gasteiger partial charge in [-0.25, -0.2) is 4.99 Å². The van der Waals surface area contributed by atoms with Crippen LogP contribution in [-0.4, -0.2) is 88.2 Å². The van der Waals surface area contributed by atoms with Crippen LogP contribution in [0, 0.1) is 0 Å². The molecule has 0 unspecified atom stereocenters. The van der Waals surface area contributed by atoms with E-state index in [2.05, 4.69) is 26.6 Å². The highest BCUT2D eigenvalue weighted by atomic mass is 127. The van der Waals surface area contributed by atoms with Crippen LogP contribution < -0.4 is 10.6 Å². The number of nitrogens with one attached hydrogen (secondary N) is 2. The smallest absolute Gasteiger partial charge is 0.243 e. The van der Waals surface area contributed by atoms with Crippen LogP contribution in [-0.2, 0) is 9.53 Å². The lowest BCUT2D eigenvalue weighted by Crippen LogP contribution is -2.41. The molecule has 0 radical (unpaired) electrons. The van der Waals surface area contributed by atoms with Crippen LogP contribution in [0.1, 0.15) is 38.5 Å². The largest absolute Gasteiger partial charge is 0.379 e. The van der Waals surface area contributed by atoms with Gasteiger partial charge in [0, 0.05) is 40.3 Å². The average molecular weight is 507 g/mol. The molecule has 0 aromatic rings. The van der Waals surface area contributed by atoms with E-state index in [1.807, 2.05) is 0 Å². The van der Waals surface area contributed by atoms with Crippen molar-refractivity contribution in [3.8, 4) is 0 Å². The van der Waals surface area contributed by atoms with Crippen molar-refractivity contribution >= 4 is 35.8 Å². The van der Waals surface area contributed by atoms with Crippen molar-refractivity contribution in [3.05, 3.63) is 11.6 Å². The molecule has 8 heteroatoms. The minimum absolute atomic E-state index is 0. The predicted octanol–water partition coefficient (Wildman–Crippen LogP) is 1.84. The van der Waals surface area contributed by atoms with Crippen LogP contribution >= 0.6 is 24.0 Å². The molecule has 0 atom stereocenters. The molecule has 2 N–H and O–H groups in total. The van der Waals surface area contributed by atoms with Crippen molar-refractivity contribution in [2.45, 2.75) is 38.5 Å². The predicted molar refractivity (Wildman–Crippen MR) is 125 cm³/mol. The van der Waals surface area contributed by atoms with Crippen LogP contribution in [0.4, 0.5) is 0 Å². The van der Waals surface area contributed by atoms with E-state index in [1.54, 1.807) is 24.6 Å². The Morgan fingerprint density at radius 3 is 2.64 bits per heavy atom. The highest BCUT2D eigenvalue weighted by Gasteiger charge is 2.10. The number of hydrogen-bond donors (Lipinski definition) is 2. The van der Waals surface area contributed by atoms with Crippen LogP contribution in [0.25, 0.3) is 0 Å². The Labute approximate surface area is 187 Å². The summed E-state index contributed by atoms with van der Waals surface area (Å²) in [4.78, 5) is 20.3. The Bertz CT molecular complexity index is 505. The zero-order chi connectivity index (χ0) is 19.3. The minimum atomic E-state index is 0. The number of likely N-dealkylation sites (N-methyl/N-ethyl adjacent to an activating group) is 1. The van der Waals surface area contributed by atoms with E-state index in [-0.39, 0.29) is 36.4 Å². The van der Waals surface area contributed by atoms with Gasteiger partial charge in [-0.15, -0.1) is 24.0 Å². The second kappa shape index (κ2) is 15.0. The molecule has 0 aromatic heterocycles. The van der Waals surface area contributed by atoms with Crippen molar-refractivity contribution in [2.24, 2.45) is 4.99 Å². The SMILES string of the molecule is CN(C)C(=O)CN=C(NCCCN1CCOCC1)NCCC1=CCCCC1.I. The molecule has 7 nitrogen and oxygen atoms in total. The van der Waals surface area contributed by atoms with Crippen molar-refractivity contribution in [3.63, 3.8) is 0 Å². The van der Waals surface area contributed by atoms with Crippen LogP contribution in [0.3, 0.4) is 0 Å². The highest BCUT2D eigenvalue weighted by molar-refractivity contribution is 14.0. The van der Waals surface area contributed by atoms with Crippen LogP contribution in [0.2, 0.25) is 0 Å². The number of hydrogen-bond acceptors (Lipinski definition) is 4. The standard InChI is InChI=1S/C20H37N5O2.HI/c1-24(2)19(26)17-23-20(22-11-9-18-7-4-3-5-8-18)21-10-6-12-25-13-15-27-16-14-25;/h7H,3-6,8-17H2,1-2H3,(H2,21,22,23);1H. The normalized spacial score (nSPS) is 18.1. The van der Waals surface area contributed by atoms with E-state index in [9.17, 15) is 4.79 Å². The van der Waals surface area contributed by atoms with Crippen molar-refractivity contribution in [1.82, 2.24) is 20.4 Å². The van der Waals surface area contributed by atoms with E-state index in [0.717, 1.165) is 64.7 Å². The topological polar surface area (TPSA) is 69.2 Å². The number of morpholine rings is 1. The molecule has 0 aromatic carbocycles. The average Bonchev–Trinajstić information content (AvgIpc) is 2.70. The third kappa shape index (κ3) is 10.6. The zero-order valence-corrected chi connectivity index (χ0v) is 19.9. The molecule has 1 saturated heterocycles. The fraction of sp³-hybridized carbons (Fsp3) is 0.800. The summed E-state index contributed by atoms with van der Waals surface area (Å²) in [6, 6.07) is 0. The van der Waals surface area contributed by atoms with Crippen molar-refractivity contribution in [1.29, 1.82) is 0 Å². The first-order chi connectivity index (χ1) is 13.1. The van der Waals surface area contributed by atoms with Gasteiger partial charge in [0.25, 0.3) is 0 Å². The first kappa shape index (κ1) is 25.2. The lowest BCUT2D eigenvalue weighted by molar-refractivity contribution is -0.127. The second-order valence-electron chi connectivity index (χ2n) is 7.47. The number of allylic oxidation sites excluding steroid dienone is 1.